The second-order valence-corrected chi connectivity index (χ2v) is 6.16. The normalized spacial score (nSPS) is 23.2. The maximum Gasteiger partial charge on any atom is 0.119 e. The first-order valence-electron chi connectivity index (χ1n) is 8.07. The van der Waals surface area contributed by atoms with Crippen molar-refractivity contribution in [1.29, 1.82) is 0 Å². The summed E-state index contributed by atoms with van der Waals surface area (Å²) >= 11 is 0. The van der Waals surface area contributed by atoms with Gasteiger partial charge in [0.25, 0.3) is 0 Å². The maximum atomic E-state index is 5.30. The van der Waals surface area contributed by atoms with Crippen molar-refractivity contribution >= 4 is 11.4 Å². The largest absolute Gasteiger partial charge is 0.497 e. The molecule has 2 unspecified atom stereocenters. The Hall–Kier alpha value is -2.16. The second kappa shape index (κ2) is 5.24. The average molecular weight is 294 g/mol. The molecule has 2 aliphatic heterocycles. The minimum Gasteiger partial charge on any atom is -0.497 e. The Morgan fingerprint density at radius 3 is 2.59 bits per heavy atom. The first kappa shape index (κ1) is 13.5. The molecule has 3 nitrogen and oxygen atoms in total. The number of rotatable bonds is 2. The lowest BCUT2D eigenvalue weighted by molar-refractivity contribution is 0.414. The molecular formula is C19H22N2O. The van der Waals surface area contributed by atoms with E-state index >= 15 is 0 Å². The highest BCUT2D eigenvalue weighted by Gasteiger charge is 2.39. The number of para-hydroxylation sites is 1. The molecular weight excluding hydrogens is 272 g/mol. The van der Waals surface area contributed by atoms with Crippen molar-refractivity contribution in [3.8, 4) is 5.75 Å². The highest BCUT2D eigenvalue weighted by molar-refractivity contribution is 5.66. The van der Waals surface area contributed by atoms with Crippen LogP contribution in [0.5, 0.6) is 5.75 Å². The predicted octanol–water partition coefficient (Wildman–Crippen LogP) is 4.20. The van der Waals surface area contributed by atoms with Gasteiger partial charge >= 0.3 is 0 Å². The van der Waals surface area contributed by atoms with Crippen molar-refractivity contribution in [2.75, 3.05) is 23.5 Å². The number of fused-ring (bicyclic) bond motifs is 3. The highest BCUT2D eigenvalue weighted by atomic mass is 16.5. The lowest BCUT2D eigenvalue weighted by atomic mass is 9.98. The summed E-state index contributed by atoms with van der Waals surface area (Å²) in [5, 5.41) is 0. The van der Waals surface area contributed by atoms with Crippen LogP contribution >= 0.6 is 0 Å². The summed E-state index contributed by atoms with van der Waals surface area (Å²) in [5.41, 5.74) is 4.12. The van der Waals surface area contributed by atoms with Crippen molar-refractivity contribution in [1.82, 2.24) is 0 Å². The Morgan fingerprint density at radius 2 is 1.82 bits per heavy atom. The number of methoxy groups -OCH3 is 1. The smallest absolute Gasteiger partial charge is 0.119 e. The molecule has 0 saturated carbocycles. The Labute approximate surface area is 132 Å². The Kier molecular flexibility index (Phi) is 3.21. The van der Waals surface area contributed by atoms with E-state index in [0.29, 0.717) is 12.2 Å². The van der Waals surface area contributed by atoms with Crippen LogP contribution in [0.2, 0.25) is 0 Å². The van der Waals surface area contributed by atoms with E-state index in [1.807, 2.05) is 0 Å². The van der Waals surface area contributed by atoms with Crippen LogP contribution in [0.15, 0.2) is 48.5 Å². The van der Waals surface area contributed by atoms with Crippen molar-refractivity contribution < 1.29 is 4.74 Å². The summed E-state index contributed by atoms with van der Waals surface area (Å²) in [6, 6.07) is 17.7. The van der Waals surface area contributed by atoms with Gasteiger partial charge in [0.15, 0.2) is 0 Å². The SMILES string of the molecule is COc1ccc(N2C(C)c3ccccc3N3CCCC32)cc1. The zero-order valence-corrected chi connectivity index (χ0v) is 13.2. The Bertz CT molecular complexity index is 667. The van der Waals surface area contributed by atoms with Crippen LogP contribution in [0.3, 0.4) is 0 Å². The molecule has 2 aliphatic rings. The maximum absolute atomic E-state index is 5.30. The molecule has 1 saturated heterocycles. The van der Waals surface area contributed by atoms with Crippen LogP contribution < -0.4 is 14.5 Å². The summed E-state index contributed by atoms with van der Waals surface area (Å²) in [5.74, 6) is 0.914. The van der Waals surface area contributed by atoms with E-state index in [1.54, 1.807) is 7.11 Å². The third kappa shape index (κ3) is 1.96. The molecule has 1 fully saturated rings. The quantitative estimate of drug-likeness (QED) is 0.825. The van der Waals surface area contributed by atoms with Gasteiger partial charge in [-0.1, -0.05) is 18.2 Å². The number of hydrogen-bond acceptors (Lipinski definition) is 3. The molecule has 22 heavy (non-hydrogen) atoms. The molecule has 114 valence electrons. The zero-order valence-electron chi connectivity index (χ0n) is 13.2. The number of ether oxygens (including phenoxy) is 1. The molecule has 0 radical (unpaired) electrons. The van der Waals surface area contributed by atoms with Crippen LogP contribution in [0.4, 0.5) is 11.4 Å². The third-order valence-corrected chi connectivity index (χ3v) is 5.03. The summed E-state index contributed by atoms with van der Waals surface area (Å²) in [6.07, 6.45) is 2.96. The van der Waals surface area contributed by atoms with E-state index in [2.05, 4.69) is 65.3 Å². The fourth-order valence-corrected chi connectivity index (χ4v) is 3.98. The standard InChI is InChI=1S/C19H22N2O/c1-14-17-6-3-4-7-18(17)20-13-5-8-19(20)21(14)15-9-11-16(22-2)12-10-15/h3-4,6-7,9-12,14,19H,5,8,13H2,1-2H3. The van der Waals surface area contributed by atoms with E-state index in [1.165, 1.54) is 29.8 Å². The molecule has 0 amide bonds. The first-order valence-corrected chi connectivity index (χ1v) is 8.07. The molecule has 2 heterocycles. The number of nitrogens with zero attached hydrogens (tertiary/aromatic N) is 2. The number of hydrogen-bond donors (Lipinski definition) is 0. The van der Waals surface area contributed by atoms with Gasteiger partial charge in [-0.2, -0.15) is 0 Å². The van der Waals surface area contributed by atoms with Crippen LogP contribution in [0.25, 0.3) is 0 Å². The Balaban J connectivity index is 1.78. The van der Waals surface area contributed by atoms with Gasteiger partial charge in [0, 0.05) is 17.9 Å². The van der Waals surface area contributed by atoms with E-state index in [9.17, 15) is 0 Å². The molecule has 0 bridgehead atoms. The fraction of sp³-hybridized carbons (Fsp3) is 0.368. The molecule has 2 aromatic carbocycles. The second-order valence-electron chi connectivity index (χ2n) is 6.16. The van der Waals surface area contributed by atoms with Crippen LogP contribution in [0.1, 0.15) is 31.4 Å². The van der Waals surface area contributed by atoms with Crippen molar-refractivity contribution in [2.24, 2.45) is 0 Å². The van der Waals surface area contributed by atoms with E-state index in [0.717, 1.165) is 12.3 Å². The van der Waals surface area contributed by atoms with Gasteiger partial charge in [0.05, 0.1) is 13.2 Å². The lowest BCUT2D eigenvalue weighted by Gasteiger charge is -2.47. The summed E-state index contributed by atoms with van der Waals surface area (Å²) in [4.78, 5) is 5.13. The van der Waals surface area contributed by atoms with Gasteiger partial charge in [-0.25, -0.2) is 0 Å². The van der Waals surface area contributed by atoms with Crippen molar-refractivity contribution in [3.05, 3.63) is 54.1 Å². The first-order chi connectivity index (χ1) is 10.8. The van der Waals surface area contributed by atoms with Crippen LogP contribution in [0, 0.1) is 0 Å². The van der Waals surface area contributed by atoms with Crippen molar-refractivity contribution in [2.45, 2.75) is 32.0 Å². The average Bonchev–Trinajstić information content (AvgIpc) is 3.05. The Morgan fingerprint density at radius 1 is 1.05 bits per heavy atom. The van der Waals surface area contributed by atoms with Gasteiger partial charge in [-0.05, 0) is 55.7 Å². The molecule has 2 atom stereocenters. The van der Waals surface area contributed by atoms with E-state index < -0.39 is 0 Å². The molecule has 0 spiro atoms. The minimum absolute atomic E-state index is 0.393. The molecule has 2 aromatic rings. The fourth-order valence-electron chi connectivity index (χ4n) is 3.98. The van der Waals surface area contributed by atoms with Crippen LogP contribution in [-0.2, 0) is 0 Å². The predicted molar refractivity (Wildman–Crippen MR) is 90.7 cm³/mol. The summed E-state index contributed by atoms with van der Waals surface area (Å²) < 4.78 is 5.30. The lowest BCUT2D eigenvalue weighted by Crippen LogP contribution is -2.50. The topological polar surface area (TPSA) is 15.7 Å². The summed E-state index contributed by atoms with van der Waals surface area (Å²) in [7, 11) is 1.72. The van der Waals surface area contributed by atoms with Gasteiger partial charge in [0.2, 0.25) is 0 Å². The number of benzene rings is 2. The minimum atomic E-state index is 0.393. The monoisotopic (exact) mass is 294 g/mol. The third-order valence-electron chi connectivity index (χ3n) is 5.03. The zero-order chi connectivity index (χ0) is 15.1. The number of anilines is 2. The molecule has 3 heteroatoms. The highest BCUT2D eigenvalue weighted by Crippen LogP contribution is 2.44. The van der Waals surface area contributed by atoms with E-state index in [-0.39, 0.29) is 0 Å². The molecule has 0 aliphatic carbocycles. The summed E-state index contributed by atoms with van der Waals surface area (Å²) in [6.45, 7) is 3.47. The molecule has 4 rings (SSSR count). The van der Waals surface area contributed by atoms with Crippen molar-refractivity contribution in [3.63, 3.8) is 0 Å². The molecule has 0 aromatic heterocycles. The van der Waals surface area contributed by atoms with Gasteiger partial charge in [-0.15, -0.1) is 0 Å². The molecule has 0 N–H and O–H groups in total. The van der Waals surface area contributed by atoms with Gasteiger partial charge < -0.3 is 14.5 Å². The van der Waals surface area contributed by atoms with Crippen LogP contribution in [-0.4, -0.2) is 19.8 Å². The van der Waals surface area contributed by atoms with Gasteiger partial charge in [0.1, 0.15) is 11.9 Å². The van der Waals surface area contributed by atoms with E-state index in [4.69, 9.17) is 4.74 Å². The van der Waals surface area contributed by atoms with Gasteiger partial charge in [-0.3, -0.25) is 0 Å².